The van der Waals surface area contributed by atoms with Crippen LogP contribution in [0.25, 0.3) is 0 Å². The minimum Gasteiger partial charge on any atom is -0.455 e. The van der Waals surface area contributed by atoms with E-state index in [0.29, 0.717) is 11.3 Å². The molecule has 0 saturated carbocycles. The van der Waals surface area contributed by atoms with Gasteiger partial charge in [0.15, 0.2) is 0 Å². The molecule has 0 spiro atoms. The molecule has 0 fully saturated rings. The van der Waals surface area contributed by atoms with Crippen LogP contribution in [0.4, 0.5) is 0 Å². The van der Waals surface area contributed by atoms with Crippen molar-refractivity contribution in [3.8, 4) is 5.75 Å². The summed E-state index contributed by atoms with van der Waals surface area (Å²) in [5, 5.41) is 0. The smallest absolute Gasteiger partial charge is 0.336 e. The predicted octanol–water partition coefficient (Wildman–Crippen LogP) is 3.48. The molecule has 1 unspecified atom stereocenters. The fourth-order valence-electron chi connectivity index (χ4n) is 1.49. The first kappa shape index (κ1) is 14.3. The van der Waals surface area contributed by atoms with Gasteiger partial charge in [-0.1, -0.05) is 32.1 Å². The summed E-state index contributed by atoms with van der Waals surface area (Å²) in [5.74, 6) is 0.252. The van der Waals surface area contributed by atoms with Gasteiger partial charge in [0.05, 0.1) is 0 Å². The van der Waals surface area contributed by atoms with Crippen molar-refractivity contribution in [1.82, 2.24) is 0 Å². The molecular formula is C15H20O3. The second-order valence-electron chi connectivity index (χ2n) is 4.27. The van der Waals surface area contributed by atoms with Crippen molar-refractivity contribution in [1.29, 1.82) is 0 Å². The minimum absolute atomic E-state index is 0.365. The minimum atomic E-state index is -0.619. The van der Waals surface area contributed by atoms with E-state index in [-0.39, 0.29) is 0 Å². The molecule has 0 N–H and O–H groups in total. The second kappa shape index (κ2) is 6.84. The Morgan fingerprint density at radius 1 is 1.33 bits per heavy atom. The number of aryl methyl sites for hydroxylation is 1. The highest BCUT2D eigenvalue weighted by atomic mass is 16.7. The normalized spacial score (nSPS) is 11.7. The Balaban J connectivity index is 2.51. The van der Waals surface area contributed by atoms with Gasteiger partial charge in [-0.2, -0.15) is 0 Å². The van der Waals surface area contributed by atoms with Crippen molar-refractivity contribution in [2.24, 2.45) is 0 Å². The Morgan fingerprint density at radius 3 is 2.44 bits per heavy atom. The summed E-state index contributed by atoms with van der Waals surface area (Å²) in [4.78, 5) is 11.3. The molecule has 1 atom stereocenters. The van der Waals surface area contributed by atoms with Gasteiger partial charge < -0.3 is 9.47 Å². The summed E-state index contributed by atoms with van der Waals surface area (Å²) < 4.78 is 10.5. The number of carbonyl (C=O) groups is 1. The van der Waals surface area contributed by atoms with Crippen molar-refractivity contribution in [3.05, 3.63) is 42.0 Å². The lowest BCUT2D eigenvalue weighted by Crippen LogP contribution is -2.21. The molecular weight excluding hydrogens is 228 g/mol. The third-order valence-corrected chi connectivity index (χ3v) is 2.39. The summed E-state index contributed by atoms with van der Waals surface area (Å²) in [6.45, 7) is 8.95. The number of ether oxygens (including phenoxy) is 2. The van der Waals surface area contributed by atoms with Gasteiger partial charge in [-0.05, 0) is 31.0 Å². The molecule has 1 rings (SSSR count). The van der Waals surface area contributed by atoms with Crippen LogP contribution >= 0.6 is 0 Å². The van der Waals surface area contributed by atoms with Crippen LogP contribution < -0.4 is 4.74 Å². The van der Waals surface area contributed by atoms with Gasteiger partial charge in [-0.3, -0.25) is 0 Å². The van der Waals surface area contributed by atoms with E-state index < -0.39 is 12.3 Å². The standard InChI is InChI=1S/C15H20O3/c1-5-6-13-7-9-14(10-8-13)17-12(4)18-15(16)11(2)3/h7-10,12H,2,5-6H2,1,3-4H3. The Hall–Kier alpha value is -1.77. The molecule has 0 aliphatic carbocycles. The summed E-state index contributed by atoms with van der Waals surface area (Å²) in [5.41, 5.74) is 1.64. The largest absolute Gasteiger partial charge is 0.455 e. The summed E-state index contributed by atoms with van der Waals surface area (Å²) in [6, 6.07) is 7.81. The lowest BCUT2D eigenvalue weighted by molar-refractivity contribution is -0.156. The van der Waals surface area contributed by atoms with Crippen molar-refractivity contribution in [2.45, 2.75) is 39.9 Å². The Morgan fingerprint density at radius 2 is 1.94 bits per heavy atom. The highest BCUT2D eigenvalue weighted by Crippen LogP contribution is 2.15. The van der Waals surface area contributed by atoms with Gasteiger partial charge in [0.1, 0.15) is 5.75 Å². The van der Waals surface area contributed by atoms with Gasteiger partial charge in [0, 0.05) is 12.5 Å². The number of hydrogen-bond acceptors (Lipinski definition) is 3. The fourth-order valence-corrected chi connectivity index (χ4v) is 1.49. The zero-order chi connectivity index (χ0) is 13.5. The summed E-state index contributed by atoms with van der Waals surface area (Å²) in [7, 11) is 0. The molecule has 0 aliphatic heterocycles. The maximum Gasteiger partial charge on any atom is 0.336 e. The molecule has 98 valence electrons. The van der Waals surface area contributed by atoms with Crippen LogP contribution in [0.15, 0.2) is 36.4 Å². The van der Waals surface area contributed by atoms with E-state index >= 15 is 0 Å². The average Bonchev–Trinajstić information content (AvgIpc) is 2.31. The van der Waals surface area contributed by atoms with Gasteiger partial charge in [0.25, 0.3) is 0 Å². The van der Waals surface area contributed by atoms with Gasteiger partial charge >= 0.3 is 5.97 Å². The summed E-state index contributed by atoms with van der Waals surface area (Å²) >= 11 is 0. The number of carbonyl (C=O) groups excluding carboxylic acids is 1. The van der Waals surface area contributed by atoms with E-state index in [4.69, 9.17) is 9.47 Å². The predicted molar refractivity (Wildman–Crippen MR) is 71.4 cm³/mol. The van der Waals surface area contributed by atoms with Crippen LogP contribution in [0.3, 0.4) is 0 Å². The topological polar surface area (TPSA) is 35.5 Å². The Labute approximate surface area is 108 Å². The molecule has 0 aliphatic rings. The molecule has 0 radical (unpaired) electrons. The first-order valence-corrected chi connectivity index (χ1v) is 6.15. The number of rotatable bonds is 6. The molecule has 0 aromatic heterocycles. The van der Waals surface area contributed by atoms with E-state index in [1.54, 1.807) is 13.8 Å². The summed E-state index contributed by atoms with van der Waals surface area (Å²) in [6.07, 6.45) is 1.55. The third-order valence-electron chi connectivity index (χ3n) is 2.39. The number of esters is 1. The van der Waals surface area contributed by atoms with Crippen molar-refractivity contribution in [2.75, 3.05) is 0 Å². The van der Waals surface area contributed by atoms with Gasteiger partial charge in [0.2, 0.25) is 6.29 Å². The molecule has 18 heavy (non-hydrogen) atoms. The Kier molecular flexibility index (Phi) is 5.43. The third kappa shape index (κ3) is 4.62. The molecule has 3 heteroatoms. The molecule has 1 aromatic carbocycles. The van der Waals surface area contributed by atoms with Crippen LogP contribution in [-0.2, 0) is 16.0 Å². The maximum atomic E-state index is 11.3. The molecule has 3 nitrogen and oxygen atoms in total. The molecule has 0 saturated heterocycles. The van der Waals surface area contributed by atoms with Gasteiger partial charge in [-0.25, -0.2) is 4.79 Å². The molecule has 0 amide bonds. The zero-order valence-electron chi connectivity index (χ0n) is 11.2. The molecule has 1 aromatic rings. The van der Waals surface area contributed by atoms with Crippen molar-refractivity contribution < 1.29 is 14.3 Å². The number of hydrogen-bond donors (Lipinski definition) is 0. The average molecular weight is 248 g/mol. The lowest BCUT2D eigenvalue weighted by Gasteiger charge is -2.15. The van der Waals surface area contributed by atoms with E-state index in [0.717, 1.165) is 12.8 Å². The second-order valence-corrected chi connectivity index (χ2v) is 4.27. The molecule has 0 heterocycles. The monoisotopic (exact) mass is 248 g/mol. The van der Waals surface area contributed by atoms with E-state index in [9.17, 15) is 4.79 Å². The van der Waals surface area contributed by atoms with E-state index in [2.05, 4.69) is 13.5 Å². The van der Waals surface area contributed by atoms with Crippen LogP contribution in [0, 0.1) is 0 Å². The van der Waals surface area contributed by atoms with Crippen molar-refractivity contribution >= 4 is 5.97 Å². The highest BCUT2D eigenvalue weighted by Gasteiger charge is 2.10. The Bertz CT molecular complexity index is 406. The van der Waals surface area contributed by atoms with Gasteiger partial charge in [-0.15, -0.1) is 0 Å². The van der Waals surface area contributed by atoms with Crippen LogP contribution in [-0.4, -0.2) is 12.3 Å². The van der Waals surface area contributed by atoms with Crippen LogP contribution in [0.5, 0.6) is 5.75 Å². The molecule has 0 bridgehead atoms. The van der Waals surface area contributed by atoms with Crippen LogP contribution in [0.2, 0.25) is 0 Å². The zero-order valence-corrected chi connectivity index (χ0v) is 11.2. The SMILES string of the molecule is C=C(C)C(=O)OC(C)Oc1ccc(CCC)cc1. The maximum absolute atomic E-state index is 11.3. The quantitative estimate of drug-likeness (QED) is 0.439. The fraction of sp³-hybridized carbons (Fsp3) is 0.400. The van der Waals surface area contributed by atoms with Crippen LogP contribution in [0.1, 0.15) is 32.8 Å². The number of benzene rings is 1. The van der Waals surface area contributed by atoms with Crippen molar-refractivity contribution in [3.63, 3.8) is 0 Å². The first-order valence-electron chi connectivity index (χ1n) is 6.15. The van der Waals surface area contributed by atoms with E-state index in [1.165, 1.54) is 5.56 Å². The first-order chi connectivity index (χ1) is 8.52. The lowest BCUT2D eigenvalue weighted by atomic mass is 10.1. The van der Waals surface area contributed by atoms with E-state index in [1.807, 2.05) is 24.3 Å². The highest BCUT2D eigenvalue weighted by molar-refractivity contribution is 5.86.